The average Bonchev–Trinajstić information content (AvgIpc) is 2.17. The van der Waals surface area contributed by atoms with Gasteiger partial charge in [0, 0.05) is 0 Å². The topological polar surface area (TPSA) is 9.23 Å². The lowest BCUT2D eigenvalue weighted by Crippen LogP contribution is -2.04. The van der Waals surface area contributed by atoms with Gasteiger partial charge < -0.3 is 4.74 Å². The summed E-state index contributed by atoms with van der Waals surface area (Å²) in [5, 5.41) is 0. The molecule has 2 heteroatoms. The van der Waals surface area contributed by atoms with Crippen molar-refractivity contribution >= 4 is 12.6 Å². The van der Waals surface area contributed by atoms with Gasteiger partial charge in [0.25, 0.3) is 0 Å². The molecule has 1 aromatic rings. The second kappa shape index (κ2) is 5.45. The van der Waals surface area contributed by atoms with E-state index in [9.17, 15) is 0 Å². The molecule has 0 saturated heterocycles. The van der Waals surface area contributed by atoms with Crippen LogP contribution < -0.4 is 4.74 Å². The molecule has 1 aromatic carbocycles. The Labute approximate surface area is 98.3 Å². The standard InChI is InChI=1S/C13H20OS/c1-9-5-11(3)13(14-4)12(6-9)7-10(2)8-15/h5-6,10,15H,7-8H2,1-4H3. The van der Waals surface area contributed by atoms with Crippen LogP contribution in [0.1, 0.15) is 23.6 Å². The van der Waals surface area contributed by atoms with Crippen molar-refractivity contribution in [2.75, 3.05) is 12.9 Å². The molecule has 0 spiro atoms. The number of ether oxygens (including phenoxy) is 1. The molecular formula is C13H20OS. The Bertz CT molecular complexity index is 334. The average molecular weight is 224 g/mol. The van der Waals surface area contributed by atoms with E-state index in [1.165, 1.54) is 16.7 Å². The quantitative estimate of drug-likeness (QED) is 0.771. The zero-order chi connectivity index (χ0) is 11.4. The zero-order valence-corrected chi connectivity index (χ0v) is 10.9. The van der Waals surface area contributed by atoms with Gasteiger partial charge in [-0.2, -0.15) is 12.6 Å². The van der Waals surface area contributed by atoms with Crippen molar-refractivity contribution in [3.63, 3.8) is 0 Å². The van der Waals surface area contributed by atoms with Crippen LogP contribution in [0, 0.1) is 19.8 Å². The highest BCUT2D eigenvalue weighted by molar-refractivity contribution is 7.80. The molecule has 1 rings (SSSR count). The van der Waals surface area contributed by atoms with Crippen molar-refractivity contribution in [3.8, 4) is 5.75 Å². The molecule has 0 aromatic heterocycles. The number of hydrogen-bond acceptors (Lipinski definition) is 2. The molecule has 1 nitrogen and oxygen atoms in total. The van der Waals surface area contributed by atoms with Crippen molar-refractivity contribution < 1.29 is 4.74 Å². The first-order valence-corrected chi connectivity index (χ1v) is 5.96. The van der Waals surface area contributed by atoms with E-state index in [2.05, 4.69) is 45.5 Å². The minimum Gasteiger partial charge on any atom is -0.496 e. The lowest BCUT2D eigenvalue weighted by Gasteiger charge is -2.15. The van der Waals surface area contributed by atoms with Gasteiger partial charge in [0.05, 0.1) is 7.11 Å². The molecule has 0 radical (unpaired) electrons. The maximum atomic E-state index is 5.45. The van der Waals surface area contributed by atoms with E-state index in [1.54, 1.807) is 7.11 Å². The van der Waals surface area contributed by atoms with E-state index >= 15 is 0 Å². The van der Waals surface area contributed by atoms with Crippen LogP contribution in [0.25, 0.3) is 0 Å². The first kappa shape index (κ1) is 12.4. The first-order chi connectivity index (χ1) is 7.08. The fraction of sp³-hybridized carbons (Fsp3) is 0.538. The van der Waals surface area contributed by atoms with Crippen molar-refractivity contribution in [2.45, 2.75) is 27.2 Å². The van der Waals surface area contributed by atoms with Crippen molar-refractivity contribution in [1.29, 1.82) is 0 Å². The molecular weight excluding hydrogens is 204 g/mol. The molecule has 0 aliphatic carbocycles. The van der Waals surface area contributed by atoms with Gasteiger partial charge in [-0.1, -0.05) is 24.6 Å². The molecule has 0 saturated carbocycles. The molecule has 0 fully saturated rings. The second-order valence-corrected chi connectivity index (χ2v) is 4.63. The highest BCUT2D eigenvalue weighted by atomic mass is 32.1. The summed E-state index contributed by atoms with van der Waals surface area (Å²) in [5.41, 5.74) is 3.82. The Balaban J connectivity index is 3.03. The third kappa shape index (κ3) is 3.16. The minimum absolute atomic E-state index is 0.587. The van der Waals surface area contributed by atoms with Crippen LogP contribution in [0.5, 0.6) is 5.75 Å². The maximum Gasteiger partial charge on any atom is 0.124 e. The van der Waals surface area contributed by atoms with Gasteiger partial charge in [-0.15, -0.1) is 0 Å². The third-order valence-corrected chi connectivity index (χ3v) is 3.20. The van der Waals surface area contributed by atoms with E-state index in [4.69, 9.17) is 4.74 Å². The number of benzene rings is 1. The predicted molar refractivity (Wildman–Crippen MR) is 69.2 cm³/mol. The maximum absolute atomic E-state index is 5.45. The molecule has 0 aliphatic rings. The zero-order valence-electron chi connectivity index (χ0n) is 10.0. The van der Waals surface area contributed by atoms with E-state index in [-0.39, 0.29) is 0 Å². The molecule has 0 amide bonds. The van der Waals surface area contributed by atoms with Crippen molar-refractivity contribution in [1.82, 2.24) is 0 Å². The molecule has 0 bridgehead atoms. The molecule has 0 aliphatic heterocycles. The molecule has 84 valence electrons. The summed E-state index contributed by atoms with van der Waals surface area (Å²) >= 11 is 4.32. The highest BCUT2D eigenvalue weighted by Gasteiger charge is 2.10. The summed E-state index contributed by atoms with van der Waals surface area (Å²) in [7, 11) is 1.74. The van der Waals surface area contributed by atoms with Gasteiger partial charge in [0.1, 0.15) is 5.75 Å². The molecule has 0 N–H and O–H groups in total. The van der Waals surface area contributed by atoms with Crippen LogP contribution in [0.3, 0.4) is 0 Å². The Morgan fingerprint density at radius 2 is 2.00 bits per heavy atom. The normalized spacial score (nSPS) is 12.6. The molecule has 1 atom stereocenters. The summed E-state index contributed by atoms with van der Waals surface area (Å²) in [4.78, 5) is 0. The van der Waals surface area contributed by atoms with Crippen LogP contribution in [0.15, 0.2) is 12.1 Å². The number of thiol groups is 1. The van der Waals surface area contributed by atoms with Crippen LogP contribution in [0.2, 0.25) is 0 Å². The summed E-state index contributed by atoms with van der Waals surface area (Å²) < 4.78 is 5.45. The first-order valence-electron chi connectivity index (χ1n) is 5.33. The van der Waals surface area contributed by atoms with Gasteiger partial charge in [0.15, 0.2) is 0 Å². The third-order valence-electron chi connectivity index (χ3n) is 2.58. The van der Waals surface area contributed by atoms with Crippen molar-refractivity contribution in [2.24, 2.45) is 5.92 Å². The monoisotopic (exact) mass is 224 g/mol. The molecule has 1 unspecified atom stereocenters. The van der Waals surface area contributed by atoms with E-state index in [1.807, 2.05) is 0 Å². The van der Waals surface area contributed by atoms with Gasteiger partial charge in [0.2, 0.25) is 0 Å². The molecule has 0 heterocycles. The lowest BCUT2D eigenvalue weighted by molar-refractivity contribution is 0.403. The predicted octanol–water partition coefficient (Wildman–Crippen LogP) is 3.42. The Morgan fingerprint density at radius 3 is 2.53 bits per heavy atom. The largest absolute Gasteiger partial charge is 0.496 e. The van der Waals surface area contributed by atoms with E-state index in [0.29, 0.717) is 5.92 Å². The van der Waals surface area contributed by atoms with Crippen molar-refractivity contribution in [3.05, 3.63) is 28.8 Å². The fourth-order valence-electron chi connectivity index (χ4n) is 1.93. The SMILES string of the molecule is COc1c(C)cc(C)cc1CC(C)CS. The van der Waals surface area contributed by atoms with Crippen LogP contribution in [-0.2, 0) is 6.42 Å². The number of aryl methyl sites for hydroxylation is 2. The Morgan fingerprint density at radius 1 is 1.33 bits per heavy atom. The summed E-state index contributed by atoms with van der Waals surface area (Å²) in [6.45, 7) is 6.44. The number of rotatable bonds is 4. The second-order valence-electron chi connectivity index (χ2n) is 4.27. The van der Waals surface area contributed by atoms with Crippen LogP contribution in [-0.4, -0.2) is 12.9 Å². The highest BCUT2D eigenvalue weighted by Crippen LogP contribution is 2.27. The summed E-state index contributed by atoms with van der Waals surface area (Å²) in [5.74, 6) is 2.54. The summed E-state index contributed by atoms with van der Waals surface area (Å²) in [6, 6.07) is 4.37. The fourth-order valence-corrected chi connectivity index (χ4v) is 2.06. The summed E-state index contributed by atoms with van der Waals surface area (Å²) in [6.07, 6.45) is 1.04. The minimum atomic E-state index is 0.587. The van der Waals surface area contributed by atoms with Crippen LogP contribution >= 0.6 is 12.6 Å². The van der Waals surface area contributed by atoms with Gasteiger partial charge in [-0.05, 0) is 43.1 Å². The van der Waals surface area contributed by atoms with Crippen LogP contribution in [0.4, 0.5) is 0 Å². The Hall–Kier alpha value is -0.630. The molecule has 15 heavy (non-hydrogen) atoms. The van der Waals surface area contributed by atoms with Gasteiger partial charge in [-0.3, -0.25) is 0 Å². The number of hydrogen-bond donors (Lipinski definition) is 1. The smallest absolute Gasteiger partial charge is 0.124 e. The lowest BCUT2D eigenvalue weighted by atomic mass is 9.97. The van der Waals surface area contributed by atoms with E-state index < -0.39 is 0 Å². The Kier molecular flexibility index (Phi) is 4.52. The number of methoxy groups -OCH3 is 1. The van der Waals surface area contributed by atoms with Gasteiger partial charge in [-0.25, -0.2) is 0 Å². The van der Waals surface area contributed by atoms with Gasteiger partial charge >= 0.3 is 0 Å². The van der Waals surface area contributed by atoms with E-state index in [0.717, 1.165) is 17.9 Å².